The van der Waals surface area contributed by atoms with Gasteiger partial charge in [-0.1, -0.05) is 0 Å². The van der Waals surface area contributed by atoms with Gasteiger partial charge in [-0.05, 0) is 73.6 Å². The summed E-state index contributed by atoms with van der Waals surface area (Å²) in [6.07, 6.45) is 10.2. The van der Waals surface area contributed by atoms with Crippen LogP contribution in [0.3, 0.4) is 0 Å². The molecule has 1 unspecified atom stereocenters. The monoisotopic (exact) mass is 384 g/mol. The fraction of sp³-hybridized carbons (Fsp3) is 0.571. The molecule has 2 heterocycles. The average Bonchev–Trinajstić information content (AvgIpc) is 3.09. The molecule has 3 atom stereocenters. The van der Waals surface area contributed by atoms with Gasteiger partial charge in [-0.15, -0.1) is 0 Å². The van der Waals surface area contributed by atoms with Gasteiger partial charge in [0, 0.05) is 31.9 Å². The second-order valence-corrected chi connectivity index (χ2v) is 8.12. The maximum Gasteiger partial charge on any atom is 0.410 e. The fourth-order valence-corrected chi connectivity index (χ4v) is 4.56. The Hall–Kier alpha value is -2.57. The Morgan fingerprint density at radius 3 is 2.68 bits per heavy atom. The van der Waals surface area contributed by atoms with Gasteiger partial charge in [-0.3, -0.25) is 4.79 Å². The number of hydrogen-bond donors (Lipinski definition) is 2. The highest BCUT2D eigenvalue weighted by Crippen LogP contribution is 2.53. The zero-order valence-corrected chi connectivity index (χ0v) is 16.0. The van der Waals surface area contributed by atoms with Crippen molar-refractivity contribution in [1.82, 2.24) is 15.2 Å². The van der Waals surface area contributed by atoms with E-state index in [9.17, 15) is 9.59 Å². The zero-order chi connectivity index (χ0) is 19.5. The van der Waals surface area contributed by atoms with Crippen LogP contribution in [0.15, 0.2) is 24.4 Å². The maximum absolute atomic E-state index is 12.2. The van der Waals surface area contributed by atoms with Crippen molar-refractivity contribution < 1.29 is 14.3 Å². The first-order chi connectivity index (χ1) is 13.6. The van der Waals surface area contributed by atoms with Gasteiger partial charge in [0.2, 0.25) is 5.91 Å². The largest absolute Gasteiger partial charge is 0.446 e. The zero-order valence-electron chi connectivity index (χ0n) is 16.0. The first kappa shape index (κ1) is 18.8. The van der Waals surface area contributed by atoms with Crippen molar-refractivity contribution in [2.45, 2.75) is 38.2 Å². The van der Waals surface area contributed by atoms with Crippen molar-refractivity contribution in [3.63, 3.8) is 0 Å². The first-order valence-corrected chi connectivity index (χ1v) is 10.2. The minimum absolute atomic E-state index is 0.107. The molecule has 2 amide bonds. The van der Waals surface area contributed by atoms with Gasteiger partial charge < -0.3 is 20.7 Å². The Labute approximate surface area is 165 Å². The number of ether oxygens (including phenoxy) is 1. The van der Waals surface area contributed by atoms with E-state index in [1.165, 1.54) is 18.9 Å². The van der Waals surface area contributed by atoms with E-state index in [0.717, 1.165) is 37.9 Å². The second-order valence-electron chi connectivity index (χ2n) is 8.12. The summed E-state index contributed by atoms with van der Waals surface area (Å²) in [5.74, 6) is 2.11. The van der Waals surface area contributed by atoms with Crippen molar-refractivity contribution >= 4 is 23.9 Å². The number of amides is 2. The highest BCUT2D eigenvalue weighted by molar-refractivity contribution is 5.91. The standard InChI is InChI=1S/C21H28N4O3/c22-19-7-5-14(11-24-19)6-8-20(26)23-10-9-16-17-12-25(13-18(16)17)21(27)28-15-3-1-2-4-15/h5-8,11,15-18H,1-4,9-10,12-13H2,(H2,22,24)(H,23,26)/b8-6+/t16?,17-,18+. The third-order valence-corrected chi connectivity index (χ3v) is 6.21. The van der Waals surface area contributed by atoms with Crippen molar-refractivity contribution in [2.24, 2.45) is 17.8 Å². The van der Waals surface area contributed by atoms with Crippen LogP contribution in [0, 0.1) is 17.8 Å². The van der Waals surface area contributed by atoms with Gasteiger partial charge >= 0.3 is 6.09 Å². The number of rotatable bonds is 6. The molecule has 150 valence electrons. The molecule has 28 heavy (non-hydrogen) atoms. The van der Waals surface area contributed by atoms with Gasteiger partial charge in [0.05, 0.1) is 0 Å². The van der Waals surface area contributed by atoms with E-state index in [1.807, 2.05) is 11.0 Å². The molecule has 3 aliphatic rings. The van der Waals surface area contributed by atoms with E-state index < -0.39 is 0 Å². The highest BCUT2D eigenvalue weighted by Gasteiger charge is 2.56. The topological polar surface area (TPSA) is 97.6 Å². The summed E-state index contributed by atoms with van der Waals surface area (Å²) in [7, 11) is 0. The predicted octanol–water partition coefficient (Wildman–Crippen LogP) is 2.44. The summed E-state index contributed by atoms with van der Waals surface area (Å²) in [6, 6.07) is 3.53. The Morgan fingerprint density at radius 2 is 2.00 bits per heavy atom. The molecule has 2 saturated carbocycles. The lowest BCUT2D eigenvalue weighted by atomic mass is 10.2. The van der Waals surface area contributed by atoms with E-state index in [-0.39, 0.29) is 18.1 Å². The first-order valence-electron chi connectivity index (χ1n) is 10.2. The predicted molar refractivity (Wildman–Crippen MR) is 106 cm³/mol. The maximum atomic E-state index is 12.2. The van der Waals surface area contributed by atoms with Gasteiger partial charge in [0.15, 0.2) is 0 Å². The van der Waals surface area contributed by atoms with E-state index in [2.05, 4.69) is 10.3 Å². The third-order valence-electron chi connectivity index (χ3n) is 6.21. The molecule has 1 saturated heterocycles. The van der Waals surface area contributed by atoms with Crippen LogP contribution in [0.5, 0.6) is 0 Å². The molecule has 7 nitrogen and oxygen atoms in total. The smallest absolute Gasteiger partial charge is 0.410 e. The van der Waals surface area contributed by atoms with E-state index in [1.54, 1.807) is 18.3 Å². The van der Waals surface area contributed by atoms with Crippen molar-refractivity contribution in [3.8, 4) is 0 Å². The molecule has 1 aliphatic heterocycles. The Morgan fingerprint density at radius 1 is 1.25 bits per heavy atom. The molecule has 0 bridgehead atoms. The molecular formula is C21H28N4O3. The van der Waals surface area contributed by atoms with Crippen LogP contribution in [0.4, 0.5) is 10.6 Å². The number of fused-ring (bicyclic) bond motifs is 1. The quantitative estimate of drug-likeness (QED) is 0.734. The highest BCUT2D eigenvalue weighted by atomic mass is 16.6. The van der Waals surface area contributed by atoms with Crippen molar-refractivity contribution in [1.29, 1.82) is 0 Å². The molecule has 0 spiro atoms. The van der Waals surface area contributed by atoms with Crippen molar-refractivity contribution in [3.05, 3.63) is 30.0 Å². The summed E-state index contributed by atoms with van der Waals surface area (Å²) in [5, 5.41) is 2.93. The lowest BCUT2D eigenvalue weighted by molar-refractivity contribution is -0.116. The van der Waals surface area contributed by atoms with E-state index in [4.69, 9.17) is 10.5 Å². The molecule has 4 rings (SSSR count). The normalized spacial score (nSPS) is 26.4. The van der Waals surface area contributed by atoms with Crippen LogP contribution < -0.4 is 11.1 Å². The average molecular weight is 384 g/mol. The number of carbonyl (C=O) groups excluding carboxylic acids is 2. The number of nitrogens with one attached hydrogen (secondary N) is 1. The molecule has 1 aromatic heterocycles. The van der Waals surface area contributed by atoms with Gasteiger partial charge in [0.1, 0.15) is 11.9 Å². The molecule has 7 heteroatoms. The molecule has 0 aromatic carbocycles. The number of carbonyl (C=O) groups is 2. The molecular weight excluding hydrogens is 356 g/mol. The molecule has 2 aliphatic carbocycles. The van der Waals surface area contributed by atoms with Crippen LogP contribution in [0.25, 0.3) is 6.08 Å². The number of nitrogen functional groups attached to an aromatic ring is 1. The van der Waals surface area contributed by atoms with Gasteiger partial charge in [-0.25, -0.2) is 9.78 Å². The SMILES string of the molecule is Nc1ccc(/C=C/C(=O)NCCC2[C@H]3CN(C(=O)OC4CCCC4)C[C@@H]23)cn1. The summed E-state index contributed by atoms with van der Waals surface area (Å²) in [4.78, 5) is 30.0. The van der Waals surface area contributed by atoms with Gasteiger partial charge in [-0.2, -0.15) is 0 Å². The van der Waals surface area contributed by atoms with Crippen LogP contribution in [0.2, 0.25) is 0 Å². The van der Waals surface area contributed by atoms with E-state index in [0.29, 0.717) is 30.1 Å². The van der Waals surface area contributed by atoms with Crippen LogP contribution in [0.1, 0.15) is 37.7 Å². The Bertz CT molecular complexity index is 731. The molecule has 3 N–H and O–H groups in total. The molecule has 0 radical (unpaired) electrons. The summed E-state index contributed by atoms with van der Waals surface area (Å²) in [6.45, 7) is 2.27. The number of hydrogen-bond acceptors (Lipinski definition) is 5. The summed E-state index contributed by atoms with van der Waals surface area (Å²) < 4.78 is 5.59. The number of aromatic nitrogens is 1. The lowest BCUT2D eigenvalue weighted by Crippen LogP contribution is -2.34. The fourth-order valence-electron chi connectivity index (χ4n) is 4.56. The van der Waals surface area contributed by atoms with Crippen LogP contribution >= 0.6 is 0 Å². The summed E-state index contributed by atoms with van der Waals surface area (Å²) in [5.41, 5.74) is 6.38. The minimum Gasteiger partial charge on any atom is -0.446 e. The van der Waals surface area contributed by atoms with Gasteiger partial charge in [0.25, 0.3) is 0 Å². The van der Waals surface area contributed by atoms with Crippen LogP contribution in [-0.4, -0.2) is 47.6 Å². The Balaban J connectivity index is 1.12. The lowest BCUT2D eigenvalue weighted by Gasteiger charge is -2.22. The Kier molecular flexibility index (Phi) is 5.50. The number of likely N-dealkylation sites (tertiary alicyclic amines) is 1. The second kappa shape index (κ2) is 8.20. The summed E-state index contributed by atoms with van der Waals surface area (Å²) >= 11 is 0. The molecule has 1 aromatic rings. The minimum atomic E-state index is -0.131. The van der Waals surface area contributed by atoms with Crippen molar-refractivity contribution in [2.75, 3.05) is 25.4 Å². The number of piperidine rings is 1. The third kappa shape index (κ3) is 4.46. The number of nitrogens with zero attached hydrogens (tertiary/aromatic N) is 2. The molecule has 3 fully saturated rings. The van der Waals surface area contributed by atoms with Crippen LogP contribution in [-0.2, 0) is 9.53 Å². The number of pyridine rings is 1. The van der Waals surface area contributed by atoms with E-state index >= 15 is 0 Å². The number of anilines is 1. The number of nitrogens with two attached hydrogens (primary N) is 1.